The smallest absolute Gasteiger partial charge is 0.335 e. The molecule has 2 aromatic carbocycles. The lowest BCUT2D eigenvalue weighted by Gasteiger charge is -2.28. The number of carbonyl (C=O) groups excluding carboxylic acids is 2. The Morgan fingerprint density at radius 3 is 2.45 bits per heavy atom. The molecule has 1 aromatic heterocycles. The summed E-state index contributed by atoms with van der Waals surface area (Å²) in [5.74, 6) is -0.392. The van der Waals surface area contributed by atoms with Crippen molar-refractivity contribution in [1.29, 1.82) is 0 Å². The molecule has 1 aliphatic rings. The maximum Gasteiger partial charge on any atom is 0.435 e. The second-order valence-electron chi connectivity index (χ2n) is 9.90. The van der Waals surface area contributed by atoms with Gasteiger partial charge in [-0.3, -0.25) is 19.2 Å². The van der Waals surface area contributed by atoms with Crippen molar-refractivity contribution in [3.8, 4) is 0 Å². The van der Waals surface area contributed by atoms with E-state index in [9.17, 15) is 22.8 Å². The molecule has 0 saturated carbocycles. The molecule has 0 saturated heterocycles. The minimum atomic E-state index is -4.59. The van der Waals surface area contributed by atoms with Crippen molar-refractivity contribution >= 4 is 29.1 Å². The summed E-state index contributed by atoms with van der Waals surface area (Å²) in [6.07, 6.45) is -1.64. The molecule has 0 fully saturated rings. The number of rotatable bonds is 6. The molecular formula is C29H33ClF3N5O2. The molecule has 11 heteroatoms. The maximum absolute atomic E-state index is 13.5. The molecule has 7 nitrogen and oxygen atoms in total. The fraction of sp³-hybridized carbons (Fsp3) is 0.414. The molecule has 0 N–H and O–H groups in total. The number of halogens is 4. The first-order chi connectivity index (χ1) is 19.1. The Bertz CT molecular complexity index is 1300. The molecule has 0 radical (unpaired) electrons. The van der Waals surface area contributed by atoms with Gasteiger partial charge in [0.05, 0.1) is 5.69 Å². The first-order valence-electron chi connectivity index (χ1n) is 13.4. The summed E-state index contributed by atoms with van der Waals surface area (Å²) in [5.41, 5.74) is 1.48. The van der Waals surface area contributed by atoms with Crippen LogP contribution in [0.15, 0.2) is 60.8 Å². The van der Waals surface area contributed by atoms with Crippen molar-refractivity contribution in [3.63, 3.8) is 0 Å². The summed E-state index contributed by atoms with van der Waals surface area (Å²) >= 11 is 6.35. The summed E-state index contributed by atoms with van der Waals surface area (Å²) in [7, 11) is 0. The van der Waals surface area contributed by atoms with Crippen LogP contribution in [0, 0.1) is 0 Å². The lowest BCUT2D eigenvalue weighted by molar-refractivity contribution is -0.142. The predicted molar refractivity (Wildman–Crippen MR) is 148 cm³/mol. The number of fused-ring (bicyclic) bond motifs is 1. The second-order valence-corrected chi connectivity index (χ2v) is 10.3. The van der Waals surface area contributed by atoms with Gasteiger partial charge in [-0.05, 0) is 42.2 Å². The van der Waals surface area contributed by atoms with Gasteiger partial charge in [-0.2, -0.15) is 18.3 Å². The Labute approximate surface area is 237 Å². The zero-order chi connectivity index (χ0) is 28.7. The van der Waals surface area contributed by atoms with Gasteiger partial charge in [0.25, 0.3) is 0 Å². The Kier molecular flexibility index (Phi) is 9.86. The number of hydrogen-bond donors (Lipinski definition) is 0. The molecule has 214 valence electrons. The number of nitrogens with zero attached hydrogens (tertiary/aromatic N) is 5. The molecule has 4 rings (SSSR count). The van der Waals surface area contributed by atoms with E-state index in [1.54, 1.807) is 28.0 Å². The number of amides is 2. The fourth-order valence-electron chi connectivity index (χ4n) is 4.81. The molecule has 0 bridgehead atoms. The summed E-state index contributed by atoms with van der Waals surface area (Å²) in [4.78, 5) is 32.3. The summed E-state index contributed by atoms with van der Waals surface area (Å²) < 4.78 is 40.2. The first-order valence-corrected chi connectivity index (χ1v) is 13.8. The van der Waals surface area contributed by atoms with Gasteiger partial charge in [-0.1, -0.05) is 54.9 Å². The SMILES string of the molecule is CCCC(=O)N1CCCN(Cc2ccccc2)CCN(C(=O)Cn2ccc(C(F)(F)F)n2)Cc2ccc(Cl)cc21. The van der Waals surface area contributed by atoms with Crippen LogP contribution in [0.4, 0.5) is 18.9 Å². The Morgan fingerprint density at radius 2 is 1.75 bits per heavy atom. The molecule has 1 aliphatic heterocycles. The van der Waals surface area contributed by atoms with E-state index >= 15 is 0 Å². The third kappa shape index (κ3) is 7.85. The summed E-state index contributed by atoms with van der Waals surface area (Å²) in [6.45, 7) is 4.55. The van der Waals surface area contributed by atoms with E-state index in [1.165, 1.54) is 0 Å². The van der Waals surface area contributed by atoms with Crippen LogP contribution in [-0.4, -0.2) is 57.6 Å². The van der Waals surface area contributed by atoms with Crippen molar-refractivity contribution in [2.45, 2.75) is 52.0 Å². The van der Waals surface area contributed by atoms with Crippen molar-refractivity contribution in [1.82, 2.24) is 19.6 Å². The molecule has 0 atom stereocenters. The van der Waals surface area contributed by atoms with Crippen LogP contribution in [-0.2, 0) is 35.4 Å². The Balaban J connectivity index is 1.65. The number of anilines is 1. The summed E-state index contributed by atoms with van der Waals surface area (Å²) in [6, 6.07) is 16.1. The number of benzene rings is 2. The third-order valence-electron chi connectivity index (χ3n) is 6.84. The van der Waals surface area contributed by atoms with Crippen LogP contribution in [0.3, 0.4) is 0 Å². The first kappa shape index (κ1) is 29.6. The Morgan fingerprint density at radius 1 is 0.975 bits per heavy atom. The van der Waals surface area contributed by atoms with E-state index in [4.69, 9.17) is 11.6 Å². The highest BCUT2D eigenvalue weighted by atomic mass is 35.5. The fourth-order valence-corrected chi connectivity index (χ4v) is 4.98. The quantitative estimate of drug-likeness (QED) is 0.383. The van der Waals surface area contributed by atoms with Crippen LogP contribution in [0.25, 0.3) is 0 Å². The van der Waals surface area contributed by atoms with E-state index in [2.05, 4.69) is 10.00 Å². The van der Waals surface area contributed by atoms with E-state index in [0.29, 0.717) is 56.3 Å². The van der Waals surface area contributed by atoms with E-state index in [1.807, 2.05) is 37.3 Å². The van der Waals surface area contributed by atoms with Gasteiger partial charge in [0.2, 0.25) is 11.8 Å². The normalized spacial score (nSPS) is 15.4. The van der Waals surface area contributed by atoms with Crippen molar-refractivity contribution in [3.05, 3.63) is 82.6 Å². The van der Waals surface area contributed by atoms with Gasteiger partial charge >= 0.3 is 6.18 Å². The van der Waals surface area contributed by atoms with Crippen LogP contribution in [0.1, 0.15) is 43.0 Å². The Hall–Kier alpha value is -3.37. The molecular weight excluding hydrogens is 543 g/mol. The van der Waals surface area contributed by atoms with Gasteiger partial charge in [-0.25, -0.2) is 0 Å². The van der Waals surface area contributed by atoms with Crippen molar-refractivity contribution in [2.24, 2.45) is 0 Å². The van der Waals surface area contributed by atoms with Crippen LogP contribution in [0.2, 0.25) is 5.02 Å². The average molecular weight is 576 g/mol. The third-order valence-corrected chi connectivity index (χ3v) is 7.07. The van der Waals surface area contributed by atoms with E-state index < -0.39 is 11.9 Å². The number of alkyl halides is 3. The molecule has 0 spiro atoms. The standard InChI is InChI=1S/C29H33ClF3N5O2/c1-2-7-27(39)38-14-6-13-35(19-22-8-4-3-5-9-22)16-17-36(20-23-10-11-24(30)18-25(23)38)28(40)21-37-15-12-26(34-37)29(31,32)33/h3-5,8-12,15,18H,2,6-7,13-14,16-17,19-21H2,1H3. The van der Waals surface area contributed by atoms with Crippen molar-refractivity contribution < 1.29 is 22.8 Å². The van der Waals surface area contributed by atoms with Crippen LogP contribution < -0.4 is 4.90 Å². The molecule has 2 heterocycles. The highest BCUT2D eigenvalue weighted by Crippen LogP contribution is 2.29. The van der Waals surface area contributed by atoms with E-state index in [-0.39, 0.29) is 24.9 Å². The van der Waals surface area contributed by atoms with E-state index in [0.717, 1.165) is 34.5 Å². The van der Waals surface area contributed by atoms with Gasteiger partial charge in [-0.15, -0.1) is 0 Å². The minimum absolute atomic E-state index is 0.0195. The van der Waals surface area contributed by atoms with Crippen LogP contribution in [0.5, 0.6) is 0 Å². The lowest BCUT2D eigenvalue weighted by atomic mass is 10.1. The topological polar surface area (TPSA) is 61.7 Å². The number of carbonyl (C=O) groups is 2. The number of aromatic nitrogens is 2. The highest BCUT2D eigenvalue weighted by molar-refractivity contribution is 6.31. The van der Waals surface area contributed by atoms with Gasteiger partial charge < -0.3 is 9.80 Å². The number of hydrogen-bond acceptors (Lipinski definition) is 4. The molecule has 3 aromatic rings. The largest absolute Gasteiger partial charge is 0.435 e. The molecule has 0 aliphatic carbocycles. The lowest BCUT2D eigenvalue weighted by Crippen LogP contribution is -2.40. The highest BCUT2D eigenvalue weighted by Gasteiger charge is 2.34. The zero-order valence-corrected chi connectivity index (χ0v) is 23.2. The van der Waals surface area contributed by atoms with Crippen LogP contribution >= 0.6 is 11.6 Å². The average Bonchev–Trinajstić information content (AvgIpc) is 3.38. The molecule has 40 heavy (non-hydrogen) atoms. The second kappa shape index (κ2) is 13.3. The molecule has 2 amide bonds. The van der Waals surface area contributed by atoms with Gasteiger partial charge in [0, 0.05) is 56.9 Å². The monoisotopic (exact) mass is 575 g/mol. The maximum atomic E-state index is 13.5. The summed E-state index contributed by atoms with van der Waals surface area (Å²) in [5, 5.41) is 4.03. The van der Waals surface area contributed by atoms with Gasteiger partial charge in [0.1, 0.15) is 6.54 Å². The molecule has 0 unspecified atom stereocenters. The minimum Gasteiger partial charge on any atom is -0.335 e. The van der Waals surface area contributed by atoms with Crippen molar-refractivity contribution in [2.75, 3.05) is 31.1 Å². The van der Waals surface area contributed by atoms with Gasteiger partial charge in [0.15, 0.2) is 5.69 Å². The predicted octanol–water partition coefficient (Wildman–Crippen LogP) is 5.62. The zero-order valence-electron chi connectivity index (χ0n) is 22.4.